The van der Waals surface area contributed by atoms with Crippen LogP contribution in [0.1, 0.15) is 17.0 Å². The monoisotopic (exact) mass is 365 g/mol. The van der Waals surface area contributed by atoms with E-state index in [1.807, 2.05) is 36.4 Å². The first-order valence-corrected chi connectivity index (χ1v) is 8.66. The average molecular weight is 366 g/mol. The predicted octanol–water partition coefficient (Wildman–Crippen LogP) is 4.29. The average Bonchev–Trinajstić information content (AvgIpc) is 3.05. The molecule has 2 aromatic carbocycles. The minimum atomic E-state index is -0.429. The van der Waals surface area contributed by atoms with E-state index >= 15 is 0 Å². The molecule has 1 aliphatic heterocycles. The molecule has 1 saturated heterocycles. The molecule has 5 nitrogen and oxygen atoms in total. The molecule has 1 aromatic heterocycles. The van der Waals surface area contributed by atoms with Crippen molar-refractivity contribution in [3.8, 4) is 0 Å². The molecule has 130 valence electrons. The van der Waals surface area contributed by atoms with Gasteiger partial charge in [-0.3, -0.25) is 4.90 Å². The number of rotatable bonds is 4. The van der Waals surface area contributed by atoms with Crippen molar-refractivity contribution in [2.75, 3.05) is 11.5 Å². The van der Waals surface area contributed by atoms with Gasteiger partial charge in [-0.1, -0.05) is 60.7 Å². The Bertz CT molecular complexity index is 866. The van der Waals surface area contributed by atoms with Crippen molar-refractivity contribution in [1.82, 2.24) is 9.97 Å². The lowest BCUT2D eigenvalue weighted by molar-refractivity contribution is 0.178. The Morgan fingerprint density at radius 3 is 2.19 bits per heavy atom. The lowest BCUT2D eigenvalue weighted by atomic mass is 9.85. The van der Waals surface area contributed by atoms with E-state index in [9.17, 15) is 4.79 Å². The van der Waals surface area contributed by atoms with E-state index < -0.39 is 6.09 Å². The number of cyclic esters (lactones) is 1. The molecular weight excluding hydrogens is 350 g/mol. The third-order valence-corrected chi connectivity index (χ3v) is 4.65. The summed E-state index contributed by atoms with van der Waals surface area (Å²) in [6, 6.07) is 21.6. The number of ether oxygens (including phenoxy) is 1. The van der Waals surface area contributed by atoms with Gasteiger partial charge in [0.2, 0.25) is 5.28 Å². The van der Waals surface area contributed by atoms with Crippen LogP contribution in [0.2, 0.25) is 5.28 Å². The van der Waals surface area contributed by atoms with E-state index in [1.54, 1.807) is 11.0 Å². The van der Waals surface area contributed by atoms with E-state index in [-0.39, 0.29) is 23.9 Å². The normalized spacial score (nSPS) is 16.8. The summed E-state index contributed by atoms with van der Waals surface area (Å²) in [6.07, 6.45) is 1.11. The number of anilines is 1. The maximum Gasteiger partial charge on any atom is 0.415 e. The van der Waals surface area contributed by atoms with Gasteiger partial charge in [0.1, 0.15) is 12.4 Å². The van der Waals surface area contributed by atoms with Crippen LogP contribution in [0.5, 0.6) is 0 Å². The molecule has 0 saturated carbocycles. The zero-order chi connectivity index (χ0) is 17.9. The Morgan fingerprint density at radius 1 is 1.00 bits per heavy atom. The second kappa shape index (κ2) is 7.14. The highest BCUT2D eigenvalue weighted by Gasteiger charge is 2.41. The number of carbonyl (C=O) groups is 1. The lowest BCUT2D eigenvalue weighted by Crippen LogP contribution is -2.39. The summed E-state index contributed by atoms with van der Waals surface area (Å²) in [5, 5.41) is 0.0944. The molecule has 1 fully saturated rings. The molecule has 3 aromatic rings. The Hall–Kier alpha value is -2.92. The zero-order valence-corrected chi connectivity index (χ0v) is 14.6. The van der Waals surface area contributed by atoms with Crippen molar-refractivity contribution in [2.45, 2.75) is 12.0 Å². The number of benzene rings is 2. The minimum absolute atomic E-state index is 0.0578. The molecule has 2 heterocycles. The van der Waals surface area contributed by atoms with Gasteiger partial charge in [-0.25, -0.2) is 14.8 Å². The first-order chi connectivity index (χ1) is 12.7. The van der Waals surface area contributed by atoms with Crippen LogP contribution >= 0.6 is 11.6 Å². The van der Waals surface area contributed by atoms with Gasteiger partial charge in [0, 0.05) is 12.1 Å². The van der Waals surface area contributed by atoms with Gasteiger partial charge < -0.3 is 4.74 Å². The molecule has 1 atom stereocenters. The Kier molecular flexibility index (Phi) is 4.54. The molecule has 6 heteroatoms. The van der Waals surface area contributed by atoms with Crippen molar-refractivity contribution in [2.24, 2.45) is 0 Å². The molecule has 1 amide bonds. The number of amides is 1. The molecule has 0 aliphatic carbocycles. The summed E-state index contributed by atoms with van der Waals surface area (Å²) in [4.78, 5) is 22.1. The number of hydrogen-bond donors (Lipinski definition) is 0. The van der Waals surface area contributed by atoms with E-state index in [2.05, 4.69) is 34.2 Å². The Morgan fingerprint density at radius 2 is 1.62 bits per heavy atom. The summed E-state index contributed by atoms with van der Waals surface area (Å²) < 4.78 is 5.38. The van der Waals surface area contributed by atoms with Crippen LogP contribution in [0.3, 0.4) is 0 Å². The van der Waals surface area contributed by atoms with Crippen molar-refractivity contribution < 1.29 is 9.53 Å². The van der Waals surface area contributed by atoms with Gasteiger partial charge in [0.05, 0.1) is 6.04 Å². The molecule has 0 radical (unpaired) electrons. The largest absolute Gasteiger partial charge is 0.447 e. The van der Waals surface area contributed by atoms with Gasteiger partial charge >= 0.3 is 6.09 Å². The maximum atomic E-state index is 12.5. The summed E-state index contributed by atoms with van der Waals surface area (Å²) in [5.41, 5.74) is 2.21. The Labute approximate surface area is 156 Å². The van der Waals surface area contributed by atoms with E-state index in [1.165, 1.54) is 6.20 Å². The van der Waals surface area contributed by atoms with Crippen LogP contribution < -0.4 is 4.90 Å². The third kappa shape index (κ3) is 3.13. The van der Waals surface area contributed by atoms with Crippen LogP contribution in [-0.4, -0.2) is 28.7 Å². The first-order valence-electron chi connectivity index (χ1n) is 8.28. The van der Waals surface area contributed by atoms with Crippen LogP contribution in [-0.2, 0) is 4.74 Å². The number of hydrogen-bond acceptors (Lipinski definition) is 4. The fraction of sp³-hybridized carbons (Fsp3) is 0.150. The highest BCUT2D eigenvalue weighted by atomic mass is 35.5. The van der Waals surface area contributed by atoms with Gasteiger partial charge in [0.15, 0.2) is 0 Å². The second-order valence-corrected chi connectivity index (χ2v) is 6.34. The van der Waals surface area contributed by atoms with Crippen LogP contribution in [0.4, 0.5) is 10.6 Å². The molecule has 26 heavy (non-hydrogen) atoms. The van der Waals surface area contributed by atoms with Crippen LogP contribution in [0.25, 0.3) is 0 Å². The SMILES string of the molecule is O=C1OCC(C(c2ccccc2)c2ccccc2)N1c1ccnc(Cl)n1. The fourth-order valence-electron chi connectivity index (χ4n) is 3.36. The van der Waals surface area contributed by atoms with Crippen molar-refractivity contribution >= 4 is 23.5 Å². The summed E-state index contributed by atoms with van der Waals surface area (Å²) in [6.45, 7) is 0.273. The second-order valence-electron chi connectivity index (χ2n) is 6.00. The van der Waals surface area contributed by atoms with Crippen LogP contribution in [0.15, 0.2) is 72.9 Å². The third-order valence-electron chi connectivity index (χ3n) is 4.47. The van der Waals surface area contributed by atoms with Crippen LogP contribution in [0, 0.1) is 0 Å². The summed E-state index contributed by atoms with van der Waals surface area (Å²) >= 11 is 5.93. The standard InChI is InChI=1S/C20H16ClN3O2/c21-19-22-12-11-17(23-19)24-16(13-26-20(24)25)18(14-7-3-1-4-8-14)15-9-5-2-6-10-15/h1-12,16,18H,13H2. The first kappa shape index (κ1) is 16.5. The molecular formula is C20H16ClN3O2. The molecule has 0 N–H and O–H groups in total. The molecule has 1 unspecified atom stereocenters. The molecule has 1 aliphatic rings. The highest BCUT2D eigenvalue weighted by Crippen LogP contribution is 2.36. The maximum absolute atomic E-state index is 12.5. The van der Waals surface area contributed by atoms with Gasteiger partial charge in [-0.15, -0.1) is 0 Å². The Balaban J connectivity index is 1.81. The smallest absolute Gasteiger partial charge is 0.415 e. The lowest BCUT2D eigenvalue weighted by Gasteiger charge is -2.29. The van der Waals surface area contributed by atoms with Gasteiger partial charge in [0.25, 0.3) is 0 Å². The highest BCUT2D eigenvalue weighted by molar-refractivity contribution is 6.28. The van der Waals surface area contributed by atoms with Gasteiger partial charge in [-0.05, 0) is 28.8 Å². The van der Waals surface area contributed by atoms with Crippen molar-refractivity contribution in [1.29, 1.82) is 0 Å². The quantitative estimate of drug-likeness (QED) is 0.647. The van der Waals surface area contributed by atoms with Crippen molar-refractivity contribution in [3.63, 3.8) is 0 Å². The number of carbonyl (C=O) groups excluding carboxylic acids is 1. The zero-order valence-electron chi connectivity index (χ0n) is 13.8. The number of halogens is 1. The topological polar surface area (TPSA) is 55.3 Å². The molecule has 0 spiro atoms. The van der Waals surface area contributed by atoms with Gasteiger partial charge in [-0.2, -0.15) is 0 Å². The summed E-state index contributed by atoms with van der Waals surface area (Å²) in [5.74, 6) is 0.381. The predicted molar refractivity (Wildman–Crippen MR) is 99.4 cm³/mol. The van der Waals surface area contributed by atoms with E-state index in [0.29, 0.717) is 5.82 Å². The van der Waals surface area contributed by atoms with E-state index in [0.717, 1.165) is 11.1 Å². The fourth-order valence-corrected chi connectivity index (χ4v) is 3.51. The van der Waals surface area contributed by atoms with E-state index in [4.69, 9.17) is 16.3 Å². The molecule has 0 bridgehead atoms. The number of nitrogens with zero attached hydrogens (tertiary/aromatic N) is 3. The molecule has 4 rings (SSSR count). The minimum Gasteiger partial charge on any atom is -0.447 e. The summed E-state index contributed by atoms with van der Waals surface area (Å²) in [7, 11) is 0. The van der Waals surface area contributed by atoms with Crippen molar-refractivity contribution in [3.05, 3.63) is 89.3 Å². The number of aromatic nitrogens is 2.